The Balaban J connectivity index is 2.33. The number of nitro groups is 1. The quantitative estimate of drug-likeness (QED) is 0.515. The monoisotopic (exact) mass is 350 g/mol. The maximum Gasteiger partial charge on any atom is 0.271 e. The van der Waals surface area contributed by atoms with Gasteiger partial charge in [-0.3, -0.25) is 15.1 Å². The number of methoxy groups -OCH3 is 1. The number of nitro benzene ring substituents is 1. The lowest BCUT2D eigenvalue weighted by Gasteiger charge is -2.02. The van der Waals surface area contributed by atoms with Crippen LogP contribution in [0.5, 0.6) is 11.5 Å². The van der Waals surface area contributed by atoms with Gasteiger partial charge in [-0.1, -0.05) is 0 Å². The number of halogens is 1. The second kappa shape index (κ2) is 6.36. The SMILES string of the molecule is COc1ccc(N=Cc2cc([N+](=O)[O-])cc(Br)c2O)cc1. The van der Waals surface area contributed by atoms with Crippen molar-refractivity contribution in [1.82, 2.24) is 0 Å². The van der Waals surface area contributed by atoms with Crippen molar-refractivity contribution in [2.45, 2.75) is 0 Å². The zero-order valence-corrected chi connectivity index (χ0v) is 12.6. The van der Waals surface area contributed by atoms with Crippen LogP contribution >= 0.6 is 15.9 Å². The third-order valence-electron chi connectivity index (χ3n) is 2.71. The second-order valence-corrected chi connectivity index (χ2v) is 4.93. The molecule has 0 amide bonds. The topological polar surface area (TPSA) is 85.0 Å². The number of benzene rings is 2. The fourth-order valence-electron chi connectivity index (χ4n) is 1.62. The molecule has 2 aromatic carbocycles. The molecule has 0 radical (unpaired) electrons. The average molecular weight is 351 g/mol. The molecular formula is C14H11BrN2O4. The van der Waals surface area contributed by atoms with E-state index in [9.17, 15) is 15.2 Å². The molecule has 2 rings (SSSR count). The highest BCUT2D eigenvalue weighted by molar-refractivity contribution is 9.10. The smallest absolute Gasteiger partial charge is 0.271 e. The molecule has 21 heavy (non-hydrogen) atoms. The van der Waals surface area contributed by atoms with Crippen LogP contribution in [0.25, 0.3) is 0 Å². The first kappa shape index (κ1) is 15.0. The Hall–Kier alpha value is -2.41. The molecule has 0 bridgehead atoms. The molecule has 108 valence electrons. The van der Waals surface area contributed by atoms with Crippen molar-refractivity contribution in [3.63, 3.8) is 0 Å². The summed E-state index contributed by atoms with van der Waals surface area (Å²) < 4.78 is 5.28. The number of hydrogen-bond donors (Lipinski definition) is 1. The van der Waals surface area contributed by atoms with Crippen LogP contribution in [-0.2, 0) is 0 Å². The molecule has 0 saturated heterocycles. The Morgan fingerprint density at radius 2 is 2.00 bits per heavy atom. The van der Waals surface area contributed by atoms with Gasteiger partial charge in [-0.05, 0) is 40.2 Å². The molecule has 0 aliphatic heterocycles. The summed E-state index contributed by atoms with van der Waals surface area (Å²) in [5, 5.41) is 20.7. The van der Waals surface area contributed by atoms with Gasteiger partial charge in [0.2, 0.25) is 0 Å². The largest absolute Gasteiger partial charge is 0.506 e. The number of hydrogen-bond acceptors (Lipinski definition) is 5. The van der Waals surface area contributed by atoms with Gasteiger partial charge < -0.3 is 9.84 Å². The van der Waals surface area contributed by atoms with Crippen molar-refractivity contribution in [1.29, 1.82) is 0 Å². The van der Waals surface area contributed by atoms with E-state index in [0.29, 0.717) is 11.4 Å². The molecule has 7 heteroatoms. The van der Waals surface area contributed by atoms with Gasteiger partial charge in [0.1, 0.15) is 11.5 Å². The molecule has 0 saturated carbocycles. The summed E-state index contributed by atoms with van der Waals surface area (Å²) >= 11 is 3.08. The Labute approximate surface area is 129 Å². The van der Waals surface area contributed by atoms with Crippen molar-refractivity contribution in [3.8, 4) is 11.5 Å². The number of aliphatic imine (C=N–C) groups is 1. The standard InChI is InChI=1S/C14H11BrN2O4/c1-21-12-4-2-10(3-5-12)16-8-9-6-11(17(19)20)7-13(15)14(9)18/h2-8,18H,1H3. The molecule has 0 aliphatic rings. The van der Waals surface area contributed by atoms with Crippen LogP contribution in [-0.4, -0.2) is 23.4 Å². The molecular weight excluding hydrogens is 340 g/mol. The average Bonchev–Trinajstić information content (AvgIpc) is 2.49. The van der Waals surface area contributed by atoms with Crippen molar-refractivity contribution in [2.75, 3.05) is 7.11 Å². The Morgan fingerprint density at radius 1 is 1.33 bits per heavy atom. The summed E-state index contributed by atoms with van der Waals surface area (Å²) in [7, 11) is 1.57. The summed E-state index contributed by atoms with van der Waals surface area (Å²) in [5.74, 6) is 0.604. The number of aromatic hydroxyl groups is 1. The van der Waals surface area contributed by atoms with E-state index in [2.05, 4.69) is 20.9 Å². The number of non-ortho nitro benzene ring substituents is 1. The van der Waals surface area contributed by atoms with Crippen LogP contribution in [0.2, 0.25) is 0 Å². The van der Waals surface area contributed by atoms with E-state index in [1.807, 2.05) is 0 Å². The van der Waals surface area contributed by atoms with Crippen LogP contribution in [0.15, 0.2) is 45.9 Å². The third-order valence-corrected chi connectivity index (χ3v) is 3.32. The van der Waals surface area contributed by atoms with Gasteiger partial charge in [-0.25, -0.2) is 0 Å². The molecule has 0 unspecified atom stereocenters. The number of phenols is 1. The van der Waals surface area contributed by atoms with E-state index in [-0.39, 0.29) is 21.5 Å². The summed E-state index contributed by atoms with van der Waals surface area (Å²) in [6.07, 6.45) is 1.37. The predicted molar refractivity (Wildman–Crippen MR) is 82.7 cm³/mol. The van der Waals surface area contributed by atoms with Crippen LogP contribution < -0.4 is 4.74 Å². The Bertz CT molecular complexity index is 699. The van der Waals surface area contributed by atoms with Crippen molar-refractivity contribution in [3.05, 3.63) is 56.5 Å². The van der Waals surface area contributed by atoms with Gasteiger partial charge in [0.05, 0.1) is 22.2 Å². The number of rotatable bonds is 4. The second-order valence-electron chi connectivity index (χ2n) is 4.08. The zero-order chi connectivity index (χ0) is 15.4. The van der Waals surface area contributed by atoms with Crippen LogP contribution in [0.4, 0.5) is 11.4 Å². The minimum absolute atomic E-state index is 0.0992. The molecule has 0 fully saturated rings. The molecule has 0 heterocycles. The third kappa shape index (κ3) is 3.57. The minimum atomic E-state index is -0.533. The van der Waals surface area contributed by atoms with Crippen molar-refractivity contribution >= 4 is 33.5 Å². The van der Waals surface area contributed by atoms with Crippen molar-refractivity contribution < 1.29 is 14.8 Å². The number of phenolic OH excluding ortho intramolecular Hbond substituents is 1. The van der Waals surface area contributed by atoms with Gasteiger partial charge >= 0.3 is 0 Å². The molecule has 2 aromatic rings. The molecule has 0 atom stereocenters. The van der Waals surface area contributed by atoms with Crippen molar-refractivity contribution in [2.24, 2.45) is 4.99 Å². The normalized spacial score (nSPS) is 10.8. The molecule has 1 N–H and O–H groups in total. The van der Waals surface area contributed by atoms with Gasteiger partial charge in [0.25, 0.3) is 5.69 Å². The van der Waals surface area contributed by atoms with E-state index in [0.717, 1.165) is 0 Å². The lowest BCUT2D eigenvalue weighted by Crippen LogP contribution is -1.91. The highest BCUT2D eigenvalue weighted by Gasteiger charge is 2.13. The first-order valence-electron chi connectivity index (χ1n) is 5.86. The Kier molecular flexibility index (Phi) is 4.54. The Morgan fingerprint density at radius 3 is 2.57 bits per heavy atom. The van der Waals surface area contributed by atoms with E-state index in [4.69, 9.17) is 4.74 Å². The molecule has 0 spiro atoms. The maximum atomic E-state index is 10.8. The predicted octanol–water partition coefficient (Wildman–Crippen LogP) is 3.82. The summed E-state index contributed by atoms with van der Waals surface area (Å²) in [6, 6.07) is 9.45. The van der Waals surface area contributed by atoms with Crippen LogP contribution in [0.1, 0.15) is 5.56 Å². The molecule has 0 aromatic heterocycles. The lowest BCUT2D eigenvalue weighted by atomic mass is 10.2. The summed E-state index contributed by atoms with van der Waals surface area (Å²) in [6.45, 7) is 0. The maximum absolute atomic E-state index is 10.8. The van der Waals surface area contributed by atoms with Gasteiger partial charge in [0.15, 0.2) is 0 Å². The summed E-state index contributed by atoms with van der Waals surface area (Å²) in [4.78, 5) is 14.4. The van der Waals surface area contributed by atoms with E-state index in [1.165, 1.54) is 18.3 Å². The fraction of sp³-hybridized carbons (Fsp3) is 0.0714. The van der Waals surface area contributed by atoms with Gasteiger partial charge in [-0.2, -0.15) is 0 Å². The minimum Gasteiger partial charge on any atom is -0.506 e. The van der Waals surface area contributed by atoms with E-state index in [1.54, 1.807) is 31.4 Å². The zero-order valence-electron chi connectivity index (χ0n) is 11.0. The number of nitrogens with zero attached hydrogens (tertiary/aromatic N) is 2. The fourth-order valence-corrected chi connectivity index (χ4v) is 2.09. The highest BCUT2D eigenvalue weighted by Crippen LogP contribution is 2.32. The lowest BCUT2D eigenvalue weighted by molar-refractivity contribution is -0.385. The number of ether oxygens (including phenoxy) is 1. The first-order valence-corrected chi connectivity index (χ1v) is 6.65. The van der Waals surface area contributed by atoms with E-state index < -0.39 is 4.92 Å². The highest BCUT2D eigenvalue weighted by atomic mass is 79.9. The van der Waals surface area contributed by atoms with Crippen LogP contribution in [0.3, 0.4) is 0 Å². The van der Waals surface area contributed by atoms with Gasteiger partial charge in [0, 0.05) is 23.9 Å². The summed E-state index contributed by atoms with van der Waals surface area (Å²) in [5.41, 5.74) is 0.764. The molecule has 0 aliphatic carbocycles. The first-order chi connectivity index (χ1) is 10.0. The van der Waals surface area contributed by atoms with Crippen LogP contribution in [0, 0.1) is 10.1 Å². The van der Waals surface area contributed by atoms with E-state index >= 15 is 0 Å². The molecule has 6 nitrogen and oxygen atoms in total. The van der Waals surface area contributed by atoms with Gasteiger partial charge in [-0.15, -0.1) is 0 Å².